The number of rotatable bonds is 7. The zero-order valence-electron chi connectivity index (χ0n) is 22.3. The summed E-state index contributed by atoms with van der Waals surface area (Å²) >= 11 is 1.71. The van der Waals surface area contributed by atoms with Gasteiger partial charge in [0, 0.05) is 18.3 Å². The summed E-state index contributed by atoms with van der Waals surface area (Å²) in [4.78, 5) is 3.33. The van der Waals surface area contributed by atoms with E-state index in [1.807, 2.05) is 38.1 Å². The number of aromatic hydroxyl groups is 2. The van der Waals surface area contributed by atoms with Crippen molar-refractivity contribution in [2.75, 3.05) is 26.0 Å². The number of likely N-dealkylation sites (N-methyl/N-ethyl adjacent to an activating group) is 1. The van der Waals surface area contributed by atoms with Gasteiger partial charge in [-0.25, -0.2) is 0 Å². The number of ether oxygens (including phenoxy) is 2. The summed E-state index contributed by atoms with van der Waals surface area (Å²) in [6, 6.07) is 22.5. The zero-order valence-corrected chi connectivity index (χ0v) is 23.2. The molecule has 0 spiro atoms. The molecule has 0 saturated carbocycles. The summed E-state index contributed by atoms with van der Waals surface area (Å²) in [5.41, 5.74) is 1.14. The summed E-state index contributed by atoms with van der Waals surface area (Å²) in [5.74, 6) is 3.79. The molecule has 1 aliphatic rings. The largest absolute Gasteiger partial charge is 0.508 e. The molecule has 1 heterocycles. The quantitative estimate of drug-likeness (QED) is 0.345. The van der Waals surface area contributed by atoms with Crippen LogP contribution in [0.2, 0.25) is 0 Å². The van der Waals surface area contributed by atoms with Crippen molar-refractivity contribution in [2.45, 2.75) is 51.7 Å². The number of hydrogen-bond acceptors (Lipinski definition) is 6. The summed E-state index contributed by atoms with van der Waals surface area (Å²) in [5, 5.41) is 18.2. The van der Waals surface area contributed by atoms with Crippen molar-refractivity contribution in [2.24, 2.45) is 5.92 Å². The minimum Gasteiger partial charge on any atom is -0.508 e. The molecule has 3 aromatic carbocycles. The highest BCUT2D eigenvalue weighted by atomic mass is 32.2. The van der Waals surface area contributed by atoms with Gasteiger partial charge in [-0.05, 0) is 67.9 Å². The number of fused-ring (bicyclic) bond motifs is 1. The maximum absolute atomic E-state index is 9.58. The smallest absolute Gasteiger partial charge is 0.134 e. The van der Waals surface area contributed by atoms with Crippen molar-refractivity contribution < 1.29 is 19.7 Å². The van der Waals surface area contributed by atoms with Crippen LogP contribution in [-0.4, -0.2) is 47.1 Å². The predicted molar refractivity (Wildman–Crippen MR) is 151 cm³/mol. The second-order valence-corrected chi connectivity index (χ2v) is 10.0. The summed E-state index contributed by atoms with van der Waals surface area (Å²) < 4.78 is 12.1. The molecule has 0 radical (unpaired) electrons. The maximum atomic E-state index is 9.58. The Morgan fingerprint density at radius 1 is 0.944 bits per heavy atom. The van der Waals surface area contributed by atoms with E-state index in [-0.39, 0.29) is 11.9 Å². The maximum Gasteiger partial charge on any atom is 0.134 e. The van der Waals surface area contributed by atoms with E-state index >= 15 is 0 Å². The Hall–Kier alpha value is -2.83. The van der Waals surface area contributed by atoms with Gasteiger partial charge in [0.1, 0.15) is 35.7 Å². The average molecular weight is 512 g/mol. The highest BCUT2D eigenvalue weighted by Crippen LogP contribution is 2.42. The highest BCUT2D eigenvalue weighted by molar-refractivity contribution is 7.99. The van der Waals surface area contributed by atoms with Gasteiger partial charge in [-0.2, -0.15) is 0 Å². The number of thioether (sulfide) groups is 1. The third kappa shape index (κ3) is 9.67. The lowest BCUT2D eigenvalue weighted by Crippen LogP contribution is -2.36. The van der Waals surface area contributed by atoms with Gasteiger partial charge < -0.3 is 24.6 Å². The number of benzene rings is 3. The zero-order chi connectivity index (χ0) is 26.5. The van der Waals surface area contributed by atoms with Gasteiger partial charge in [0.25, 0.3) is 0 Å². The molecule has 1 aliphatic heterocycles. The van der Waals surface area contributed by atoms with Gasteiger partial charge in [-0.3, -0.25) is 0 Å². The second-order valence-electron chi connectivity index (χ2n) is 8.95. The summed E-state index contributed by atoms with van der Waals surface area (Å²) in [6.45, 7) is 12.4. The Balaban J connectivity index is 0.000000431. The van der Waals surface area contributed by atoms with E-state index in [1.54, 1.807) is 48.2 Å². The minimum absolute atomic E-state index is 0.0113. The molecule has 6 heteroatoms. The molecule has 36 heavy (non-hydrogen) atoms. The van der Waals surface area contributed by atoms with E-state index in [2.05, 4.69) is 44.9 Å². The van der Waals surface area contributed by atoms with E-state index in [9.17, 15) is 5.11 Å². The van der Waals surface area contributed by atoms with Crippen LogP contribution in [0, 0.1) is 5.92 Å². The van der Waals surface area contributed by atoms with Crippen LogP contribution in [0.3, 0.4) is 0 Å². The van der Waals surface area contributed by atoms with Crippen molar-refractivity contribution in [3.8, 4) is 23.0 Å². The van der Waals surface area contributed by atoms with Gasteiger partial charge in [0.05, 0.1) is 4.90 Å². The van der Waals surface area contributed by atoms with Crippen molar-refractivity contribution >= 4 is 11.8 Å². The van der Waals surface area contributed by atoms with Crippen LogP contribution in [0.15, 0.2) is 77.7 Å². The Morgan fingerprint density at radius 3 is 2.19 bits per heavy atom. The first-order valence-corrected chi connectivity index (χ1v) is 13.6. The SMILES string of the molecule is CC.CC(C)CN(C)C(C)COc1ccc([C@H]2CSc3cc(O)ccc3O2)cc1.Oc1ccccc1. The molecular formula is C30H41NO4S. The Morgan fingerprint density at radius 2 is 1.61 bits per heavy atom. The normalized spacial score (nSPS) is 14.9. The van der Waals surface area contributed by atoms with E-state index < -0.39 is 0 Å². The van der Waals surface area contributed by atoms with E-state index in [0.717, 1.165) is 34.3 Å². The first kappa shape index (κ1) is 29.4. The lowest BCUT2D eigenvalue weighted by Gasteiger charge is -2.27. The van der Waals surface area contributed by atoms with Crippen LogP contribution >= 0.6 is 11.8 Å². The molecule has 2 atom stereocenters. The van der Waals surface area contributed by atoms with Crippen LogP contribution in [0.1, 0.15) is 46.3 Å². The Kier molecular flexibility index (Phi) is 12.5. The number of nitrogens with zero attached hydrogens (tertiary/aromatic N) is 1. The standard InChI is InChI=1S/C22H29NO3S.C6H6O.C2H6/c1-15(2)12-23(4)16(3)13-25-19-8-5-17(6-9-19)21-14-27-22-11-18(24)7-10-20(22)26-21;7-6-4-2-1-3-5-6;1-2/h5-11,15-16,21,24H,12-14H2,1-4H3;1-5,7H;1-2H3/t16?,21-;;/m1../s1. The first-order chi connectivity index (χ1) is 17.3. The van der Waals surface area contributed by atoms with Crippen molar-refractivity contribution in [3.63, 3.8) is 0 Å². The minimum atomic E-state index is 0.0113. The van der Waals surface area contributed by atoms with Crippen LogP contribution in [0.5, 0.6) is 23.0 Å². The van der Waals surface area contributed by atoms with Crippen LogP contribution in [-0.2, 0) is 0 Å². The topological polar surface area (TPSA) is 62.2 Å². The molecule has 0 saturated heterocycles. The predicted octanol–water partition coefficient (Wildman–Crippen LogP) is 7.39. The number of phenolic OH excluding ortho intramolecular Hbond substituents is 2. The monoisotopic (exact) mass is 511 g/mol. The van der Waals surface area contributed by atoms with Gasteiger partial charge in [-0.15, -0.1) is 11.8 Å². The fourth-order valence-electron chi connectivity index (χ4n) is 3.53. The van der Waals surface area contributed by atoms with Crippen molar-refractivity contribution in [1.82, 2.24) is 4.90 Å². The van der Waals surface area contributed by atoms with Crippen LogP contribution in [0.25, 0.3) is 0 Å². The van der Waals surface area contributed by atoms with Gasteiger partial charge >= 0.3 is 0 Å². The molecular weight excluding hydrogens is 470 g/mol. The first-order valence-electron chi connectivity index (χ1n) is 12.6. The fraction of sp³-hybridized carbons (Fsp3) is 0.400. The van der Waals surface area contributed by atoms with Gasteiger partial charge in [0.2, 0.25) is 0 Å². The number of hydrogen-bond donors (Lipinski definition) is 2. The molecule has 196 valence electrons. The summed E-state index contributed by atoms with van der Waals surface area (Å²) in [6.07, 6.45) is 0.0113. The number of phenols is 2. The molecule has 2 N–H and O–H groups in total. The molecule has 0 fully saturated rings. The molecule has 0 aromatic heterocycles. The van der Waals surface area contributed by atoms with E-state index in [1.165, 1.54) is 0 Å². The molecule has 3 aromatic rings. The lowest BCUT2D eigenvalue weighted by molar-refractivity contribution is 0.160. The van der Waals surface area contributed by atoms with Crippen LogP contribution in [0.4, 0.5) is 0 Å². The third-order valence-corrected chi connectivity index (χ3v) is 6.59. The van der Waals surface area contributed by atoms with Crippen LogP contribution < -0.4 is 9.47 Å². The lowest BCUT2D eigenvalue weighted by atomic mass is 10.1. The summed E-state index contributed by atoms with van der Waals surface area (Å²) in [7, 11) is 2.15. The van der Waals surface area contributed by atoms with E-state index in [4.69, 9.17) is 14.6 Å². The number of para-hydroxylation sites is 1. The van der Waals surface area contributed by atoms with E-state index in [0.29, 0.717) is 24.3 Å². The fourth-order valence-corrected chi connectivity index (χ4v) is 4.58. The van der Waals surface area contributed by atoms with Gasteiger partial charge in [0.15, 0.2) is 0 Å². The highest BCUT2D eigenvalue weighted by Gasteiger charge is 2.22. The van der Waals surface area contributed by atoms with Gasteiger partial charge in [-0.1, -0.05) is 58.0 Å². The molecule has 0 amide bonds. The molecule has 4 rings (SSSR count). The second kappa shape index (κ2) is 15.3. The molecule has 0 aliphatic carbocycles. The average Bonchev–Trinajstić information content (AvgIpc) is 2.89. The Labute approximate surface area is 221 Å². The molecule has 5 nitrogen and oxygen atoms in total. The molecule has 0 bridgehead atoms. The Bertz CT molecular complexity index is 1010. The molecule has 1 unspecified atom stereocenters. The van der Waals surface area contributed by atoms with Crippen molar-refractivity contribution in [1.29, 1.82) is 0 Å². The van der Waals surface area contributed by atoms with Crippen molar-refractivity contribution in [3.05, 3.63) is 78.4 Å². The third-order valence-electron chi connectivity index (χ3n) is 5.49.